The molecule has 2 heterocycles. The Balaban J connectivity index is 1.32. The summed E-state index contributed by atoms with van der Waals surface area (Å²) in [6.07, 6.45) is 0.335. The van der Waals surface area contributed by atoms with Crippen LogP contribution in [-0.2, 0) is 20.7 Å². The second kappa shape index (κ2) is 8.59. The van der Waals surface area contributed by atoms with E-state index in [1.807, 2.05) is 12.1 Å². The topological polar surface area (TPSA) is 76.2 Å². The van der Waals surface area contributed by atoms with E-state index in [0.717, 1.165) is 5.56 Å². The maximum atomic E-state index is 13.2. The molecule has 1 unspecified atom stereocenters. The lowest BCUT2D eigenvalue weighted by molar-refractivity contribution is -0.154. The number of benzene rings is 2. The monoisotopic (exact) mass is 442 g/mol. The van der Waals surface area contributed by atoms with Crippen molar-refractivity contribution in [2.45, 2.75) is 18.9 Å². The standard InChI is InChI=1S/C23H23ClN2O5/c1-23(14-16-4-2-3-5-19(16)21(28)31-23)22(29)26-12-10-25(11-13-26)20(27)15-30-18-8-6-17(24)7-9-18/h2-9H,10-15H2,1H3. The van der Waals surface area contributed by atoms with E-state index in [1.165, 1.54) is 0 Å². The van der Waals surface area contributed by atoms with Crippen LogP contribution < -0.4 is 4.74 Å². The molecular weight excluding hydrogens is 420 g/mol. The first-order valence-corrected chi connectivity index (χ1v) is 10.5. The maximum absolute atomic E-state index is 13.2. The smallest absolute Gasteiger partial charge is 0.339 e. The Labute approximate surface area is 185 Å². The van der Waals surface area contributed by atoms with Crippen LogP contribution in [0, 0.1) is 0 Å². The molecule has 31 heavy (non-hydrogen) atoms. The van der Waals surface area contributed by atoms with Crippen molar-refractivity contribution in [1.82, 2.24) is 9.80 Å². The first-order valence-electron chi connectivity index (χ1n) is 10.1. The summed E-state index contributed by atoms with van der Waals surface area (Å²) in [5.74, 6) is -0.295. The molecule has 2 amide bonds. The summed E-state index contributed by atoms with van der Waals surface area (Å²) >= 11 is 5.84. The van der Waals surface area contributed by atoms with Crippen molar-refractivity contribution in [2.24, 2.45) is 0 Å². The molecule has 2 aliphatic heterocycles. The van der Waals surface area contributed by atoms with Gasteiger partial charge in [-0.15, -0.1) is 0 Å². The van der Waals surface area contributed by atoms with Crippen LogP contribution in [0.3, 0.4) is 0 Å². The van der Waals surface area contributed by atoms with Gasteiger partial charge in [0, 0.05) is 37.6 Å². The molecule has 2 aromatic carbocycles. The third-order valence-electron chi connectivity index (χ3n) is 5.63. The van der Waals surface area contributed by atoms with Crippen molar-refractivity contribution in [2.75, 3.05) is 32.8 Å². The van der Waals surface area contributed by atoms with E-state index >= 15 is 0 Å². The van der Waals surface area contributed by atoms with Gasteiger partial charge in [-0.3, -0.25) is 9.59 Å². The molecule has 1 fully saturated rings. The lowest BCUT2D eigenvalue weighted by atomic mass is 9.88. The number of nitrogens with zero attached hydrogens (tertiary/aromatic N) is 2. The number of carbonyl (C=O) groups excluding carboxylic acids is 3. The van der Waals surface area contributed by atoms with Crippen molar-refractivity contribution in [3.05, 3.63) is 64.7 Å². The first-order chi connectivity index (χ1) is 14.9. The number of hydrogen-bond acceptors (Lipinski definition) is 5. The predicted molar refractivity (Wildman–Crippen MR) is 114 cm³/mol. The maximum Gasteiger partial charge on any atom is 0.339 e. The van der Waals surface area contributed by atoms with Crippen LogP contribution in [0.4, 0.5) is 0 Å². The highest BCUT2D eigenvalue weighted by Crippen LogP contribution is 2.30. The third kappa shape index (κ3) is 4.51. The van der Waals surface area contributed by atoms with Gasteiger partial charge >= 0.3 is 5.97 Å². The average Bonchev–Trinajstić information content (AvgIpc) is 2.78. The van der Waals surface area contributed by atoms with E-state index in [0.29, 0.717) is 48.9 Å². The summed E-state index contributed by atoms with van der Waals surface area (Å²) in [5.41, 5.74) is 0.0709. The summed E-state index contributed by atoms with van der Waals surface area (Å²) in [4.78, 5) is 41.3. The second-order valence-electron chi connectivity index (χ2n) is 7.87. The van der Waals surface area contributed by atoms with Gasteiger partial charge in [0.25, 0.3) is 11.8 Å². The van der Waals surface area contributed by atoms with Crippen molar-refractivity contribution in [1.29, 1.82) is 0 Å². The molecule has 0 aliphatic carbocycles. The molecule has 0 bridgehead atoms. The molecule has 2 aromatic rings. The van der Waals surface area contributed by atoms with E-state index in [-0.39, 0.29) is 18.4 Å². The Morgan fingerprint density at radius 3 is 2.39 bits per heavy atom. The largest absolute Gasteiger partial charge is 0.484 e. The van der Waals surface area contributed by atoms with Gasteiger partial charge in [0.1, 0.15) is 5.75 Å². The molecule has 7 nitrogen and oxygen atoms in total. The molecule has 4 rings (SSSR count). The first kappa shape index (κ1) is 21.2. The summed E-state index contributed by atoms with van der Waals surface area (Å²) in [6.45, 7) is 3.12. The molecule has 8 heteroatoms. The average molecular weight is 443 g/mol. The summed E-state index contributed by atoms with van der Waals surface area (Å²) in [7, 11) is 0. The number of amides is 2. The molecule has 2 aliphatic rings. The fourth-order valence-corrected chi connectivity index (χ4v) is 4.04. The van der Waals surface area contributed by atoms with Crippen LogP contribution in [0.1, 0.15) is 22.8 Å². The Morgan fingerprint density at radius 2 is 1.68 bits per heavy atom. The van der Waals surface area contributed by atoms with E-state index in [9.17, 15) is 14.4 Å². The zero-order chi connectivity index (χ0) is 22.0. The molecule has 0 aromatic heterocycles. The Hall–Kier alpha value is -3.06. The Bertz CT molecular complexity index is 1000. The summed E-state index contributed by atoms with van der Waals surface area (Å²) < 4.78 is 11.1. The van der Waals surface area contributed by atoms with Gasteiger partial charge in [-0.2, -0.15) is 0 Å². The van der Waals surface area contributed by atoms with Gasteiger partial charge in [-0.1, -0.05) is 29.8 Å². The minimum Gasteiger partial charge on any atom is -0.484 e. The number of piperazine rings is 1. The summed E-state index contributed by atoms with van der Waals surface area (Å²) in [5, 5.41) is 0.597. The van der Waals surface area contributed by atoms with Crippen molar-refractivity contribution in [3.63, 3.8) is 0 Å². The van der Waals surface area contributed by atoms with E-state index in [4.69, 9.17) is 21.1 Å². The number of hydrogen-bond donors (Lipinski definition) is 0. The number of rotatable bonds is 4. The quantitative estimate of drug-likeness (QED) is 0.680. The lowest BCUT2D eigenvalue weighted by Crippen LogP contribution is -2.58. The number of carbonyl (C=O) groups is 3. The normalized spacial score (nSPS) is 20.6. The van der Waals surface area contributed by atoms with Crippen LogP contribution in [0.2, 0.25) is 5.02 Å². The van der Waals surface area contributed by atoms with E-state index < -0.39 is 11.6 Å². The van der Waals surface area contributed by atoms with Gasteiger partial charge in [0.15, 0.2) is 12.2 Å². The van der Waals surface area contributed by atoms with Gasteiger partial charge in [-0.05, 0) is 42.8 Å². The van der Waals surface area contributed by atoms with Crippen molar-refractivity contribution < 1.29 is 23.9 Å². The number of halogens is 1. The predicted octanol–water partition coefficient (Wildman–Crippen LogP) is 2.56. The highest BCUT2D eigenvalue weighted by molar-refractivity contribution is 6.30. The molecule has 0 radical (unpaired) electrons. The Kier molecular flexibility index (Phi) is 5.87. The molecule has 0 N–H and O–H groups in total. The zero-order valence-electron chi connectivity index (χ0n) is 17.2. The molecule has 162 valence electrons. The van der Waals surface area contributed by atoms with Crippen molar-refractivity contribution >= 4 is 29.4 Å². The van der Waals surface area contributed by atoms with Gasteiger partial charge in [-0.25, -0.2) is 4.79 Å². The fourth-order valence-electron chi connectivity index (χ4n) is 3.91. The number of cyclic esters (lactones) is 1. The van der Waals surface area contributed by atoms with Crippen LogP contribution in [0.25, 0.3) is 0 Å². The molecular formula is C23H23ClN2O5. The minimum absolute atomic E-state index is 0.0817. The summed E-state index contributed by atoms with van der Waals surface area (Å²) in [6, 6.07) is 14.0. The van der Waals surface area contributed by atoms with Gasteiger partial charge < -0.3 is 19.3 Å². The lowest BCUT2D eigenvalue weighted by Gasteiger charge is -2.40. The molecule has 0 spiro atoms. The zero-order valence-corrected chi connectivity index (χ0v) is 17.9. The number of ether oxygens (including phenoxy) is 2. The molecule has 1 atom stereocenters. The number of fused-ring (bicyclic) bond motifs is 1. The second-order valence-corrected chi connectivity index (χ2v) is 8.31. The van der Waals surface area contributed by atoms with Crippen LogP contribution in [0.15, 0.2) is 48.5 Å². The van der Waals surface area contributed by atoms with Crippen LogP contribution in [-0.4, -0.2) is 66.0 Å². The van der Waals surface area contributed by atoms with E-state index in [2.05, 4.69) is 0 Å². The van der Waals surface area contributed by atoms with Crippen LogP contribution >= 0.6 is 11.6 Å². The van der Waals surface area contributed by atoms with Gasteiger partial charge in [0.2, 0.25) is 0 Å². The highest BCUT2D eigenvalue weighted by Gasteiger charge is 2.45. The minimum atomic E-state index is -1.24. The van der Waals surface area contributed by atoms with E-state index in [1.54, 1.807) is 53.1 Å². The highest BCUT2D eigenvalue weighted by atomic mass is 35.5. The third-order valence-corrected chi connectivity index (χ3v) is 5.88. The Morgan fingerprint density at radius 1 is 1.03 bits per heavy atom. The van der Waals surface area contributed by atoms with Crippen LogP contribution in [0.5, 0.6) is 5.75 Å². The molecule has 0 saturated carbocycles. The SMILES string of the molecule is CC1(C(=O)N2CCN(C(=O)COc3ccc(Cl)cc3)CC2)Cc2ccccc2C(=O)O1. The molecule has 1 saturated heterocycles. The van der Waals surface area contributed by atoms with Crippen molar-refractivity contribution in [3.8, 4) is 5.75 Å². The van der Waals surface area contributed by atoms with Gasteiger partial charge in [0.05, 0.1) is 5.56 Å². The number of esters is 1. The fraction of sp³-hybridized carbons (Fsp3) is 0.348.